The molecule has 0 aliphatic carbocycles. The molecular weight excluding hydrogens is 217 g/mol. The maximum absolute atomic E-state index is 13.2. The fourth-order valence-corrected chi connectivity index (χ4v) is 1.42. The molecule has 0 heterocycles. The number of nitriles is 1. The third-order valence-electron chi connectivity index (χ3n) is 2.29. The fourth-order valence-electron chi connectivity index (χ4n) is 1.42. The van der Waals surface area contributed by atoms with E-state index >= 15 is 0 Å². The zero-order valence-electron chi connectivity index (χ0n) is 8.98. The van der Waals surface area contributed by atoms with E-state index in [9.17, 15) is 4.39 Å². The van der Waals surface area contributed by atoms with Gasteiger partial charge >= 0.3 is 0 Å². The van der Waals surface area contributed by atoms with Crippen LogP contribution in [0.4, 0.5) is 4.39 Å². The molecule has 2 nitrogen and oxygen atoms in total. The van der Waals surface area contributed by atoms with Crippen LogP contribution in [0.25, 0.3) is 0 Å². The van der Waals surface area contributed by atoms with Crippen molar-refractivity contribution in [3.63, 3.8) is 0 Å². The van der Waals surface area contributed by atoms with Crippen molar-refractivity contribution in [2.75, 3.05) is 0 Å². The van der Waals surface area contributed by atoms with Crippen molar-refractivity contribution in [3.05, 3.63) is 65.5 Å². The zero-order chi connectivity index (χ0) is 12.1. The van der Waals surface area contributed by atoms with Crippen LogP contribution in [0.1, 0.15) is 11.1 Å². The summed E-state index contributed by atoms with van der Waals surface area (Å²) in [4.78, 5) is 0. The molecule has 2 aromatic carbocycles. The lowest BCUT2D eigenvalue weighted by molar-refractivity contribution is 0.290. The van der Waals surface area contributed by atoms with E-state index in [2.05, 4.69) is 12.1 Å². The lowest BCUT2D eigenvalue weighted by atomic mass is 10.1. The number of benzene rings is 2. The van der Waals surface area contributed by atoms with Gasteiger partial charge in [-0.15, -0.1) is 0 Å². The molecule has 2 aromatic rings. The first-order chi connectivity index (χ1) is 8.31. The van der Waals surface area contributed by atoms with Gasteiger partial charge in [-0.25, -0.2) is 4.39 Å². The van der Waals surface area contributed by atoms with Crippen LogP contribution >= 0.6 is 0 Å². The average Bonchev–Trinajstić information content (AvgIpc) is 2.38. The lowest BCUT2D eigenvalue weighted by Crippen LogP contribution is -1.99. The molecule has 0 aromatic heterocycles. The first-order valence-electron chi connectivity index (χ1n) is 5.08. The Morgan fingerprint density at radius 1 is 1.24 bits per heavy atom. The number of nitrogens with zero attached hydrogens (tertiary/aromatic N) is 1. The number of hydrogen-bond acceptors (Lipinski definition) is 2. The van der Waals surface area contributed by atoms with E-state index in [0.29, 0.717) is 5.56 Å². The summed E-state index contributed by atoms with van der Waals surface area (Å²) in [6.07, 6.45) is 0. The molecule has 0 unspecified atom stereocenters. The molecule has 2 rings (SSSR count). The van der Waals surface area contributed by atoms with E-state index in [1.165, 1.54) is 12.1 Å². The summed E-state index contributed by atoms with van der Waals surface area (Å²) in [5, 5.41) is 8.88. The Labute approximate surface area is 98.9 Å². The topological polar surface area (TPSA) is 33.0 Å². The van der Waals surface area contributed by atoms with Gasteiger partial charge in [0.1, 0.15) is 6.61 Å². The molecule has 0 fully saturated rings. The van der Waals surface area contributed by atoms with Crippen LogP contribution in [-0.2, 0) is 6.61 Å². The molecule has 0 amide bonds. The number of hydrogen-bond donors (Lipinski definition) is 0. The quantitative estimate of drug-likeness (QED) is 0.805. The minimum absolute atomic E-state index is 0.139. The SMILES string of the molecule is N#Cc1ccccc1COc1ccc[c]c1F. The first kappa shape index (κ1) is 11.2. The van der Waals surface area contributed by atoms with E-state index in [1.54, 1.807) is 24.3 Å². The van der Waals surface area contributed by atoms with Crippen LogP contribution < -0.4 is 4.74 Å². The minimum Gasteiger partial charge on any atom is -0.486 e. The summed E-state index contributed by atoms with van der Waals surface area (Å²) in [5.41, 5.74) is 1.27. The Morgan fingerprint density at radius 2 is 2.06 bits per heavy atom. The average molecular weight is 226 g/mol. The molecule has 83 valence electrons. The highest BCUT2D eigenvalue weighted by Crippen LogP contribution is 2.17. The Bertz CT molecular complexity index is 560. The second-order valence-corrected chi connectivity index (χ2v) is 3.41. The molecule has 0 saturated heterocycles. The Hall–Kier alpha value is -2.34. The molecule has 0 aliphatic rings. The monoisotopic (exact) mass is 226 g/mol. The third-order valence-corrected chi connectivity index (χ3v) is 2.29. The third kappa shape index (κ3) is 2.61. The molecule has 0 N–H and O–H groups in total. The van der Waals surface area contributed by atoms with Gasteiger partial charge in [0.15, 0.2) is 11.6 Å². The van der Waals surface area contributed by atoms with Crippen LogP contribution in [0, 0.1) is 23.2 Å². The maximum Gasteiger partial charge on any atom is 0.172 e. The zero-order valence-corrected chi connectivity index (χ0v) is 8.98. The summed E-state index contributed by atoms with van der Waals surface area (Å²) in [6, 6.07) is 16.2. The van der Waals surface area contributed by atoms with Crippen molar-refractivity contribution in [1.82, 2.24) is 0 Å². The van der Waals surface area contributed by atoms with Gasteiger partial charge in [0.2, 0.25) is 0 Å². The van der Waals surface area contributed by atoms with Gasteiger partial charge in [-0.3, -0.25) is 0 Å². The lowest BCUT2D eigenvalue weighted by Gasteiger charge is -2.07. The highest BCUT2D eigenvalue weighted by atomic mass is 19.1. The largest absolute Gasteiger partial charge is 0.486 e. The minimum atomic E-state index is -0.526. The molecule has 17 heavy (non-hydrogen) atoms. The van der Waals surface area contributed by atoms with Gasteiger partial charge in [-0.1, -0.05) is 30.3 Å². The predicted molar refractivity (Wildman–Crippen MR) is 60.7 cm³/mol. The second-order valence-electron chi connectivity index (χ2n) is 3.41. The number of ether oxygens (including phenoxy) is 1. The van der Waals surface area contributed by atoms with Crippen molar-refractivity contribution < 1.29 is 9.13 Å². The number of rotatable bonds is 3. The van der Waals surface area contributed by atoms with E-state index in [4.69, 9.17) is 10.00 Å². The fraction of sp³-hybridized carbons (Fsp3) is 0.0714. The summed E-state index contributed by atoms with van der Waals surface area (Å²) in [5.74, 6) is -0.387. The summed E-state index contributed by atoms with van der Waals surface area (Å²) >= 11 is 0. The Kier molecular flexibility index (Phi) is 3.37. The van der Waals surface area contributed by atoms with Crippen LogP contribution in [0.5, 0.6) is 5.75 Å². The predicted octanol–water partition coefficient (Wildman–Crippen LogP) is 3.08. The first-order valence-corrected chi connectivity index (χ1v) is 5.08. The highest BCUT2D eigenvalue weighted by Gasteiger charge is 2.04. The molecular formula is C14H9FNO. The van der Waals surface area contributed by atoms with Gasteiger partial charge < -0.3 is 4.74 Å². The molecule has 3 heteroatoms. The van der Waals surface area contributed by atoms with E-state index in [-0.39, 0.29) is 12.4 Å². The smallest absolute Gasteiger partial charge is 0.172 e. The molecule has 0 aliphatic heterocycles. The van der Waals surface area contributed by atoms with Crippen molar-refractivity contribution in [3.8, 4) is 11.8 Å². The van der Waals surface area contributed by atoms with Gasteiger partial charge in [-0.05, 0) is 12.1 Å². The van der Waals surface area contributed by atoms with Gasteiger partial charge in [0, 0.05) is 11.6 Å². The van der Waals surface area contributed by atoms with Crippen LogP contribution in [0.2, 0.25) is 0 Å². The van der Waals surface area contributed by atoms with Crippen molar-refractivity contribution >= 4 is 0 Å². The second kappa shape index (κ2) is 5.13. The standard InChI is InChI=1S/C14H9FNO/c15-13-7-3-4-8-14(13)17-10-12-6-2-1-5-11(12)9-16/h1-6,8H,10H2. The van der Waals surface area contributed by atoms with E-state index in [1.807, 2.05) is 6.07 Å². The molecule has 0 bridgehead atoms. The Morgan fingerprint density at radius 3 is 2.82 bits per heavy atom. The van der Waals surface area contributed by atoms with E-state index in [0.717, 1.165) is 5.56 Å². The van der Waals surface area contributed by atoms with Crippen LogP contribution in [0.15, 0.2) is 42.5 Å². The van der Waals surface area contributed by atoms with Gasteiger partial charge in [0.25, 0.3) is 0 Å². The Balaban J connectivity index is 2.13. The van der Waals surface area contributed by atoms with Crippen LogP contribution in [0.3, 0.4) is 0 Å². The van der Waals surface area contributed by atoms with Gasteiger partial charge in [0.05, 0.1) is 11.6 Å². The highest BCUT2D eigenvalue weighted by molar-refractivity contribution is 5.37. The number of halogens is 1. The van der Waals surface area contributed by atoms with E-state index < -0.39 is 5.82 Å². The molecule has 0 spiro atoms. The molecule has 1 radical (unpaired) electrons. The van der Waals surface area contributed by atoms with Crippen molar-refractivity contribution in [2.24, 2.45) is 0 Å². The van der Waals surface area contributed by atoms with Gasteiger partial charge in [-0.2, -0.15) is 5.26 Å². The molecule has 0 saturated carbocycles. The summed E-state index contributed by atoms with van der Waals surface area (Å²) in [7, 11) is 0. The van der Waals surface area contributed by atoms with Crippen LogP contribution in [-0.4, -0.2) is 0 Å². The van der Waals surface area contributed by atoms with Crippen molar-refractivity contribution in [2.45, 2.75) is 6.61 Å². The summed E-state index contributed by atoms with van der Waals surface area (Å²) in [6.45, 7) is 0.165. The normalized spacial score (nSPS) is 9.65. The summed E-state index contributed by atoms with van der Waals surface area (Å²) < 4.78 is 18.5. The van der Waals surface area contributed by atoms with Crippen molar-refractivity contribution in [1.29, 1.82) is 5.26 Å². The maximum atomic E-state index is 13.2. The molecule has 0 atom stereocenters.